The van der Waals surface area contributed by atoms with E-state index in [1.807, 2.05) is 63.8 Å². The van der Waals surface area contributed by atoms with Crippen LogP contribution in [0.2, 0.25) is 0 Å². The van der Waals surface area contributed by atoms with Crippen molar-refractivity contribution in [3.63, 3.8) is 0 Å². The summed E-state index contributed by atoms with van der Waals surface area (Å²) in [6, 6.07) is 19.1. The van der Waals surface area contributed by atoms with Crippen molar-refractivity contribution in [1.82, 2.24) is 24.0 Å². The minimum atomic E-state index is -0.401. The smallest absolute Gasteiger partial charge is 0.284 e. The van der Waals surface area contributed by atoms with E-state index in [0.29, 0.717) is 24.5 Å². The van der Waals surface area contributed by atoms with Crippen LogP contribution in [0.25, 0.3) is 22.3 Å². The van der Waals surface area contributed by atoms with E-state index >= 15 is 0 Å². The molecule has 10 heteroatoms. The van der Waals surface area contributed by atoms with Crippen LogP contribution in [-0.2, 0) is 13.0 Å². The van der Waals surface area contributed by atoms with Crippen molar-refractivity contribution < 1.29 is 9.90 Å². The van der Waals surface area contributed by atoms with E-state index < -0.39 is 5.91 Å². The molecule has 0 saturated heterocycles. The molecule has 214 valence electrons. The molecule has 0 bridgehead atoms. The lowest BCUT2D eigenvalue weighted by atomic mass is 9.85. The lowest BCUT2D eigenvalue weighted by Gasteiger charge is -2.24. The van der Waals surface area contributed by atoms with Gasteiger partial charge in [0.15, 0.2) is 5.82 Å². The Morgan fingerprint density at radius 1 is 1.00 bits per heavy atom. The predicted octanol–water partition coefficient (Wildman–Crippen LogP) is 4.54. The van der Waals surface area contributed by atoms with Crippen LogP contribution in [0.1, 0.15) is 66.2 Å². The summed E-state index contributed by atoms with van der Waals surface area (Å²) >= 11 is 0. The Bertz CT molecular complexity index is 1830. The van der Waals surface area contributed by atoms with Crippen LogP contribution >= 0.6 is 0 Å². The number of para-hydroxylation sites is 1. The van der Waals surface area contributed by atoms with Gasteiger partial charge in [-0.1, -0.05) is 30.3 Å². The molecule has 0 atom stereocenters. The molecule has 3 aromatic heterocycles. The topological polar surface area (TPSA) is 132 Å². The quantitative estimate of drug-likeness (QED) is 0.288. The van der Waals surface area contributed by atoms with Gasteiger partial charge in [0, 0.05) is 29.4 Å². The molecule has 42 heavy (non-hydrogen) atoms. The van der Waals surface area contributed by atoms with Crippen molar-refractivity contribution >= 4 is 22.9 Å². The Morgan fingerprint density at radius 3 is 2.52 bits per heavy atom. The molecule has 2 aliphatic rings. The Labute approximate surface area is 242 Å². The van der Waals surface area contributed by atoms with Gasteiger partial charge in [-0.05, 0) is 80.8 Å². The maximum Gasteiger partial charge on any atom is 0.284 e. The summed E-state index contributed by atoms with van der Waals surface area (Å²) in [4.78, 5) is 31.3. The zero-order valence-corrected chi connectivity index (χ0v) is 23.2. The van der Waals surface area contributed by atoms with Crippen LogP contribution in [0.15, 0.2) is 71.8 Å². The van der Waals surface area contributed by atoms with E-state index in [1.165, 1.54) is 6.33 Å². The van der Waals surface area contributed by atoms with Crippen molar-refractivity contribution in [2.45, 2.75) is 63.5 Å². The number of carbonyl (C=O) groups is 1. The van der Waals surface area contributed by atoms with E-state index in [-0.39, 0.29) is 23.1 Å². The zero-order chi connectivity index (χ0) is 28.8. The summed E-state index contributed by atoms with van der Waals surface area (Å²) in [5.74, 6) is 0.269. The Balaban J connectivity index is 1.19. The normalized spacial score (nSPS) is 18.6. The summed E-state index contributed by atoms with van der Waals surface area (Å²) in [5, 5.41) is 17.5. The molecule has 0 radical (unpaired) electrons. The minimum Gasteiger partial charge on any atom is -0.393 e. The van der Waals surface area contributed by atoms with Gasteiger partial charge in [-0.3, -0.25) is 14.3 Å². The third-order valence-electron chi connectivity index (χ3n) is 8.69. The van der Waals surface area contributed by atoms with Crippen LogP contribution in [0.4, 0.5) is 11.5 Å². The number of amides is 1. The number of fused-ring (bicyclic) bond motifs is 2. The summed E-state index contributed by atoms with van der Waals surface area (Å²) < 4.78 is 5.46. The SMILES string of the molecule is Nc1ncnn2c(C3CCC(O)CC3)cc(-c3ccc(NC(=O)c4c5n(n(-c6ccccc6)c4=O)CCCC5)cc3)c12. The third-order valence-corrected chi connectivity index (χ3v) is 8.69. The van der Waals surface area contributed by atoms with E-state index in [0.717, 1.165) is 72.2 Å². The van der Waals surface area contributed by atoms with E-state index in [2.05, 4.69) is 21.5 Å². The highest BCUT2D eigenvalue weighted by atomic mass is 16.3. The molecule has 0 spiro atoms. The van der Waals surface area contributed by atoms with Crippen LogP contribution in [0, 0.1) is 0 Å². The number of hydrogen-bond acceptors (Lipinski definition) is 6. The second-order valence-corrected chi connectivity index (χ2v) is 11.3. The molecule has 1 aliphatic heterocycles. The average Bonchev–Trinajstić information content (AvgIpc) is 3.54. The summed E-state index contributed by atoms with van der Waals surface area (Å²) in [5.41, 5.74) is 12.0. The number of carbonyl (C=O) groups excluding carboxylic acids is 1. The first-order valence-corrected chi connectivity index (χ1v) is 14.6. The number of aromatic nitrogens is 5. The monoisotopic (exact) mass is 563 g/mol. The van der Waals surface area contributed by atoms with Crippen LogP contribution in [0.5, 0.6) is 0 Å². The van der Waals surface area contributed by atoms with Gasteiger partial charge in [-0.25, -0.2) is 14.2 Å². The van der Waals surface area contributed by atoms with Gasteiger partial charge in [-0.15, -0.1) is 0 Å². The van der Waals surface area contributed by atoms with Crippen molar-refractivity contribution in [3.05, 3.63) is 94.3 Å². The van der Waals surface area contributed by atoms with Crippen LogP contribution in [0.3, 0.4) is 0 Å². The highest BCUT2D eigenvalue weighted by Crippen LogP contribution is 2.39. The van der Waals surface area contributed by atoms with Crippen molar-refractivity contribution in [2.24, 2.45) is 0 Å². The summed E-state index contributed by atoms with van der Waals surface area (Å²) in [7, 11) is 0. The Morgan fingerprint density at radius 2 is 1.76 bits per heavy atom. The van der Waals surface area contributed by atoms with E-state index in [1.54, 1.807) is 4.68 Å². The van der Waals surface area contributed by atoms with Gasteiger partial charge in [0.2, 0.25) is 0 Å². The fraction of sp³-hybridized carbons (Fsp3) is 0.312. The maximum absolute atomic E-state index is 13.6. The number of aliphatic hydroxyl groups excluding tert-OH is 1. The molecule has 5 aromatic rings. The first kappa shape index (κ1) is 26.2. The van der Waals surface area contributed by atoms with Gasteiger partial charge < -0.3 is 16.2 Å². The number of aliphatic hydroxyl groups is 1. The van der Waals surface area contributed by atoms with E-state index in [4.69, 9.17) is 5.73 Å². The third kappa shape index (κ3) is 4.48. The minimum absolute atomic E-state index is 0.202. The highest BCUT2D eigenvalue weighted by Gasteiger charge is 2.28. The molecular formula is C32H33N7O3. The average molecular weight is 564 g/mol. The maximum atomic E-state index is 13.6. The molecule has 10 nitrogen and oxygen atoms in total. The highest BCUT2D eigenvalue weighted by molar-refractivity contribution is 6.05. The molecule has 1 amide bonds. The number of rotatable bonds is 5. The summed E-state index contributed by atoms with van der Waals surface area (Å²) in [6.45, 7) is 0.698. The molecule has 0 unspecified atom stereocenters. The fourth-order valence-electron chi connectivity index (χ4n) is 6.59. The standard InChI is InChI=1S/C32H33N7O3/c33-30-29-25(18-27(38(29)35-19-34-30)21-11-15-24(40)16-12-21)20-9-13-22(14-10-20)36-31(41)28-26-8-4-5-17-37(26)39(32(28)42)23-6-2-1-3-7-23/h1-3,6-7,9-10,13-14,18-19,21,24,40H,4-5,8,11-12,15-17H2,(H,36,41)(H2,33,34,35). The van der Waals surface area contributed by atoms with Gasteiger partial charge in [0.05, 0.1) is 17.5 Å². The summed E-state index contributed by atoms with van der Waals surface area (Å²) in [6.07, 6.45) is 7.12. The number of nitrogen functional groups attached to an aromatic ring is 1. The predicted molar refractivity (Wildman–Crippen MR) is 161 cm³/mol. The number of nitrogens with one attached hydrogen (secondary N) is 1. The molecule has 1 aliphatic carbocycles. The van der Waals surface area contributed by atoms with E-state index in [9.17, 15) is 14.7 Å². The molecule has 2 aromatic carbocycles. The molecule has 1 fully saturated rings. The Hall–Kier alpha value is -4.70. The second-order valence-electron chi connectivity index (χ2n) is 11.3. The first-order valence-electron chi connectivity index (χ1n) is 14.6. The first-order chi connectivity index (χ1) is 20.5. The van der Waals surface area contributed by atoms with Gasteiger partial charge in [-0.2, -0.15) is 5.10 Å². The largest absolute Gasteiger partial charge is 0.393 e. The number of nitrogens with two attached hydrogens (primary N) is 1. The number of benzene rings is 2. The lowest BCUT2D eigenvalue weighted by Crippen LogP contribution is -2.25. The lowest BCUT2D eigenvalue weighted by molar-refractivity contribution is 0.102. The van der Waals surface area contributed by atoms with Crippen LogP contribution < -0.4 is 16.6 Å². The number of nitrogens with zero attached hydrogens (tertiary/aromatic N) is 5. The zero-order valence-electron chi connectivity index (χ0n) is 23.2. The van der Waals surface area contributed by atoms with Crippen molar-refractivity contribution in [3.8, 4) is 16.8 Å². The second kappa shape index (κ2) is 10.6. The number of hydrogen-bond donors (Lipinski definition) is 3. The van der Waals surface area contributed by atoms with Crippen LogP contribution in [-0.4, -0.2) is 41.1 Å². The van der Waals surface area contributed by atoms with Gasteiger partial charge >= 0.3 is 0 Å². The van der Waals surface area contributed by atoms with Gasteiger partial charge in [0.1, 0.15) is 17.4 Å². The van der Waals surface area contributed by atoms with Crippen molar-refractivity contribution in [1.29, 1.82) is 0 Å². The fourth-order valence-corrected chi connectivity index (χ4v) is 6.59. The molecule has 4 heterocycles. The number of anilines is 2. The molecule has 1 saturated carbocycles. The Kier molecular flexibility index (Phi) is 6.62. The molecule has 7 rings (SSSR count). The van der Waals surface area contributed by atoms with Gasteiger partial charge in [0.25, 0.3) is 11.5 Å². The molecular weight excluding hydrogens is 530 g/mol. The molecule has 4 N–H and O–H groups in total. The van der Waals surface area contributed by atoms with Crippen molar-refractivity contribution in [2.75, 3.05) is 11.1 Å².